The Morgan fingerprint density at radius 2 is 1.80 bits per heavy atom. The number of sulfonamides is 1. The van der Waals surface area contributed by atoms with Gasteiger partial charge >= 0.3 is 0 Å². The second-order valence-electron chi connectivity index (χ2n) is 6.56. The first-order valence-electron chi connectivity index (χ1n) is 9.18. The molecule has 1 heterocycles. The lowest BCUT2D eigenvalue weighted by Crippen LogP contribution is -2.48. The number of benzene rings is 2. The molecule has 4 N–H and O–H groups in total. The predicted octanol–water partition coefficient (Wildman–Crippen LogP) is 2.43. The summed E-state index contributed by atoms with van der Waals surface area (Å²) < 4.78 is 32.9. The maximum absolute atomic E-state index is 12.5. The van der Waals surface area contributed by atoms with Crippen LogP contribution in [0.25, 0.3) is 0 Å². The zero-order valence-electron chi connectivity index (χ0n) is 15.9. The second kappa shape index (κ2) is 10.1. The number of halogens is 1. The lowest BCUT2D eigenvalue weighted by molar-refractivity contribution is 0.0943. The van der Waals surface area contributed by atoms with Gasteiger partial charge in [0.25, 0.3) is 15.9 Å². The van der Waals surface area contributed by atoms with Crippen molar-refractivity contribution < 1.29 is 17.9 Å². The molecule has 8 nitrogen and oxygen atoms in total. The topological polar surface area (TPSA) is 109 Å². The monoisotopic (exact) mass is 468 g/mol. The summed E-state index contributed by atoms with van der Waals surface area (Å²) in [6.45, 7) is 1.32. The number of amides is 1. The molecule has 0 radical (unpaired) electrons. The van der Waals surface area contributed by atoms with Gasteiger partial charge in [0.2, 0.25) is 0 Å². The fourth-order valence-corrected chi connectivity index (χ4v) is 4.08. The minimum atomic E-state index is -3.79. The molecule has 1 aliphatic rings. The summed E-state index contributed by atoms with van der Waals surface area (Å²) in [5.74, 6) is -0.453. The number of rotatable bonds is 6. The van der Waals surface area contributed by atoms with E-state index in [1.165, 1.54) is 24.3 Å². The number of nitrogens with one attached hydrogen (secondary N) is 4. The minimum Gasteiger partial charge on any atom is -0.376 e. The van der Waals surface area contributed by atoms with Crippen LogP contribution in [0, 0.1) is 0 Å². The van der Waals surface area contributed by atoms with Crippen molar-refractivity contribution >= 4 is 50.5 Å². The molecule has 1 saturated heterocycles. The van der Waals surface area contributed by atoms with E-state index in [2.05, 4.69) is 20.9 Å². The number of hydrazine groups is 1. The first-order valence-corrected chi connectivity index (χ1v) is 11.4. The van der Waals surface area contributed by atoms with E-state index in [-0.39, 0.29) is 21.7 Å². The molecule has 160 valence electrons. The Morgan fingerprint density at radius 3 is 2.43 bits per heavy atom. The van der Waals surface area contributed by atoms with Crippen molar-refractivity contribution in [2.75, 3.05) is 17.9 Å². The number of thiocarbonyl (C=S) groups is 1. The van der Waals surface area contributed by atoms with Gasteiger partial charge in [0.1, 0.15) is 0 Å². The van der Waals surface area contributed by atoms with Crippen LogP contribution in [0.4, 0.5) is 5.69 Å². The van der Waals surface area contributed by atoms with Crippen LogP contribution in [0.5, 0.6) is 0 Å². The van der Waals surface area contributed by atoms with Crippen LogP contribution in [-0.4, -0.2) is 38.7 Å². The van der Waals surface area contributed by atoms with Gasteiger partial charge in [-0.3, -0.25) is 20.4 Å². The SMILES string of the molecule is O=C(NNC(=S)NCC1CCCO1)c1ccc(S(=O)(=O)Nc2ccc(Cl)cc2)cc1. The highest BCUT2D eigenvalue weighted by Gasteiger charge is 2.17. The maximum atomic E-state index is 12.5. The van der Waals surface area contributed by atoms with Gasteiger partial charge < -0.3 is 10.1 Å². The van der Waals surface area contributed by atoms with Crippen molar-refractivity contribution in [3.63, 3.8) is 0 Å². The van der Waals surface area contributed by atoms with Gasteiger partial charge in [-0.15, -0.1) is 0 Å². The lowest BCUT2D eigenvalue weighted by Gasteiger charge is -2.14. The Balaban J connectivity index is 1.51. The van der Waals surface area contributed by atoms with Crippen molar-refractivity contribution in [3.8, 4) is 0 Å². The molecule has 0 spiro atoms. The third-order valence-corrected chi connectivity index (χ3v) is 6.22. The van der Waals surface area contributed by atoms with Crippen molar-refractivity contribution in [2.24, 2.45) is 0 Å². The zero-order valence-corrected chi connectivity index (χ0v) is 18.2. The number of carbonyl (C=O) groups is 1. The standard InChI is InChI=1S/C19H21ClN4O4S2/c20-14-5-7-15(8-6-14)24-30(26,27)17-9-3-13(4-10-17)18(25)22-23-19(29)21-12-16-2-1-11-28-16/h3-10,16,24H,1-2,11-12H2,(H,22,25)(H2,21,23,29). The quantitative estimate of drug-likeness (QED) is 0.381. The third kappa shape index (κ3) is 6.30. The Labute approximate surface area is 185 Å². The van der Waals surface area contributed by atoms with Crippen molar-refractivity contribution in [2.45, 2.75) is 23.8 Å². The number of hydrogen-bond donors (Lipinski definition) is 4. The van der Waals surface area contributed by atoms with Gasteiger partial charge in [0.05, 0.1) is 11.0 Å². The molecule has 2 aromatic rings. The smallest absolute Gasteiger partial charge is 0.269 e. The number of ether oxygens (including phenoxy) is 1. The molecule has 1 unspecified atom stereocenters. The van der Waals surface area contributed by atoms with Crippen LogP contribution in [0.2, 0.25) is 5.02 Å². The Bertz CT molecular complexity index is 992. The Kier molecular flexibility index (Phi) is 7.48. The second-order valence-corrected chi connectivity index (χ2v) is 9.09. The fraction of sp³-hybridized carbons (Fsp3) is 0.263. The van der Waals surface area contributed by atoms with E-state index in [0.717, 1.165) is 19.4 Å². The summed E-state index contributed by atoms with van der Waals surface area (Å²) in [6.07, 6.45) is 2.13. The molecule has 3 rings (SSSR count). The van der Waals surface area contributed by atoms with E-state index in [1.54, 1.807) is 24.3 Å². The normalized spacial score (nSPS) is 16.0. The maximum Gasteiger partial charge on any atom is 0.269 e. The van der Waals surface area contributed by atoms with E-state index in [0.29, 0.717) is 17.3 Å². The number of hydrogen-bond acceptors (Lipinski definition) is 5. The van der Waals surface area contributed by atoms with Gasteiger partial charge in [0.15, 0.2) is 5.11 Å². The summed E-state index contributed by atoms with van der Waals surface area (Å²) in [7, 11) is -3.79. The highest BCUT2D eigenvalue weighted by molar-refractivity contribution is 7.92. The molecule has 0 saturated carbocycles. The summed E-state index contributed by atoms with van der Waals surface area (Å²) in [4.78, 5) is 12.3. The molecule has 1 fully saturated rings. The van der Waals surface area contributed by atoms with Gasteiger partial charge in [-0.05, 0) is 73.6 Å². The van der Waals surface area contributed by atoms with Crippen LogP contribution in [0.15, 0.2) is 53.4 Å². The fourth-order valence-electron chi connectivity index (χ4n) is 2.76. The third-order valence-electron chi connectivity index (χ3n) is 4.33. The van der Waals surface area contributed by atoms with Gasteiger partial charge in [-0.25, -0.2) is 8.42 Å². The van der Waals surface area contributed by atoms with Crippen molar-refractivity contribution in [1.82, 2.24) is 16.2 Å². The largest absolute Gasteiger partial charge is 0.376 e. The van der Waals surface area contributed by atoms with Crippen LogP contribution < -0.4 is 20.9 Å². The highest BCUT2D eigenvalue weighted by atomic mass is 35.5. The predicted molar refractivity (Wildman–Crippen MR) is 119 cm³/mol. The molecule has 1 atom stereocenters. The average molecular weight is 469 g/mol. The molecule has 1 aliphatic heterocycles. The number of anilines is 1. The molecule has 11 heteroatoms. The number of carbonyl (C=O) groups excluding carboxylic acids is 1. The molecule has 30 heavy (non-hydrogen) atoms. The van der Waals surface area contributed by atoms with Crippen LogP contribution in [0.1, 0.15) is 23.2 Å². The van der Waals surface area contributed by atoms with E-state index in [1.807, 2.05) is 0 Å². The summed E-state index contributed by atoms with van der Waals surface area (Å²) >= 11 is 10.9. The summed E-state index contributed by atoms with van der Waals surface area (Å²) in [6, 6.07) is 11.8. The Hall–Kier alpha value is -2.40. The summed E-state index contributed by atoms with van der Waals surface area (Å²) in [5, 5.41) is 3.74. The van der Waals surface area contributed by atoms with Crippen LogP contribution in [0.3, 0.4) is 0 Å². The van der Waals surface area contributed by atoms with E-state index in [9.17, 15) is 13.2 Å². The van der Waals surface area contributed by atoms with E-state index < -0.39 is 15.9 Å². The van der Waals surface area contributed by atoms with Gasteiger partial charge in [-0.2, -0.15) is 0 Å². The Morgan fingerprint density at radius 1 is 1.10 bits per heavy atom. The molecular weight excluding hydrogens is 448 g/mol. The zero-order chi connectivity index (χ0) is 21.6. The molecule has 2 aromatic carbocycles. The highest BCUT2D eigenvalue weighted by Crippen LogP contribution is 2.18. The molecular formula is C19H21ClN4O4S2. The van der Waals surface area contributed by atoms with Crippen LogP contribution in [-0.2, 0) is 14.8 Å². The molecule has 0 aromatic heterocycles. The summed E-state index contributed by atoms with van der Waals surface area (Å²) in [5.41, 5.74) is 5.73. The first kappa shape index (κ1) is 22.3. The van der Waals surface area contributed by atoms with E-state index in [4.69, 9.17) is 28.6 Å². The van der Waals surface area contributed by atoms with Gasteiger partial charge in [0, 0.05) is 29.4 Å². The van der Waals surface area contributed by atoms with Crippen molar-refractivity contribution in [1.29, 1.82) is 0 Å². The van der Waals surface area contributed by atoms with Crippen molar-refractivity contribution in [3.05, 3.63) is 59.1 Å². The lowest BCUT2D eigenvalue weighted by atomic mass is 10.2. The first-order chi connectivity index (χ1) is 14.3. The average Bonchev–Trinajstić information content (AvgIpc) is 3.26. The minimum absolute atomic E-state index is 0.0238. The molecule has 0 bridgehead atoms. The van der Waals surface area contributed by atoms with Gasteiger partial charge in [-0.1, -0.05) is 11.6 Å². The molecule has 0 aliphatic carbocycles. The molecule has 1 amide bonds. The van der Waals surface area contributed by atoms with E-state index >= 15 is 0 Å². The van der Waals surface area contributed by atoms with Crippen LogP contribution >= 0.6 is 23.8 Å².